The molecule has 3 aliphatic rings. The zero-order valence-corrected chi connectivity index (χ0v) is 16.6. The summed E-state index contributed by atoms with van der Waals surface area (Å²) in [6.45, 7) is 7.44. The summed E-state index contributed by atoms with van der Waals surface area (Å²) < 4.78 is 10.4. The fourth-order valence-corrected chi connectivity index (χ4v) is 4.27. The van der Waals surface area contributed by atoms with Crippen LogP contribution in [-0.4, -0.2) is 46.8 Å². The number of ether oxygens (including phenoxy) is 2. The molecule has 0 bridgehead atoms. The average molecular weight is 381 g/mol. The Morgan fingerprint density at radius 1 is 1.44 bits per heavy atom. The summed E-state index contributed by atoms with van der Waals surface area (Å²) in [5, 5.41) is 13.6. The van der Waals surface area contributed by atoms with Gasteiger partial charge in [-0.3, -0.25) is 9.59 Å². The van der Waals surface area contributed by atoms with Gasteiger partial charge in [-0.05, 0) is 32.6 Å². The molecular formula is C20H31NO6. The minimum Gasteiger partial charge on any atom is -0.466 e. The minimum absolute atomic E-state index is 0.0768. The third-order valence-corrected chi connectivity index (χ3v) is 5.81. The van der Waals surface area contributed by atoms with Gasteiger partial charge in [-0.15, -0.1) is 0 Å². The molecule has 152 valence electrons. The van der Waals surface area contributed by atoms with Gasteiger partial charge in [0.2, 0.25) is 11.4 Å². The van der Waals surface area contributed by atoms with Crippen molar-refractivity contribution in [3.8, 4) is 0 Å². The summed E-state index contributed by atoms with van der Waals surface area (Å²) in [5.41, 5.74) is -2.56. The molecule has 0 aromatic carbocycles. The van der Waals surface area contributed by atoms with Crippen LogP contribution in [0.2, 0.25) is 0 Å². The average Bonchev–Trinajstić information content (AvgIpc) is 2.87. The van der Waals surface area contributed by atoms with E-state index >= 15 is 0 Å². The lowest BCUT2D eigenvalue weighted by Crippen LogP contribution is -2.80. The number of hydrogen-bond donors (Lipinski definition) is 2. The molecule has 0 spiro atoms. The number of carbonyl (C=O) groups excluding carboxylic acids is 3. The van der Waals surface area contributed by atoms with E-state index in [1.54, 1.807) is 13.8 Å². The van der Waals surface area contributed by atoms with Crippen molar-refractivity contribution < 1.29 is 29.0 Å². The van der Waals surface area contributed by atoms with Gasteiger partial charge in [0.25, 0.3) is 0 Å². The number of aliphatic hydroxyl groups is 1. The number of aliphatic hydroxyl groups excluding tert-OH is 1. The molecule has 7 heteroatoms. The van der Waals surface area contributed by atoms with Crippen molar-refractivity contribution in [3.05, 3.63) is 12.2 Å². The highest BCUT2D eigenvalue weighted by atomic mass is 16.6. The molecule has 0 radical (unpaired) electrons. The second-order valence-corrected chi connectivity index (χ2v) is 7.18. The Labute approximate surface area is 160 Å². The van der Waals surface area contributed by atoms with Crippen LogP contribution in [0.1, 0.15) is 59.8 Å². The number of hydrogen-bond acceptors (Lipinski definition) is 6. The van der Waals surface area contributed by atoms with Crippen LogP contribution < -0.4 is 5.32 Å². The lowest BCUT2D eigenvalue weighted by molar-refractivity contribution is -0.239. The predicted octanol–water partition coefficient (Wildman–Crippen LogP) is 1.87. The molecular weight excluding hydrogens is 350 g/mol. The highest BCUT2D eigenvalue weighted by Crippen LogP contribution is 2.53. The minimum atomic E-state index is -1.42. The first kappa shape index (κ1) is 21.4. The monoisotopic (exact) mass is 381 g/mol. The van der Waals surface area contributed by atoms with Gasteiger partial charge in [-0.2, -0.15) is 0 Å². The summed E-state index contributed by atoms with van der Waals surface area (Å²) in [5.74, 6) is -2.13. The molecule has 2 saturated heterocycles. The standard InChI is InChI=1S/C18H25NO6.C2H6/c1-3-13(20)24-10-9-12-15(22)19-18(16(23)25-17(12,18)2)14(21)11-7-5-4-6-8-11;1-2/h5,7,11-12,14,21H,3-4,6,8-10H2,1-2H3,(H,19,22);1-2H3/t11-,12+,14?,17+,18+;/m1./s1. The normalized spacial score (nSPS) is 35.0. The van der Waals surface area contributed by atoms with E-state index < -0.39 is 29.1 Å². The molecule has 5 atom stereocenters. The first-order valence-electron chi connectivity index (χ1n) is 9.92. The molecule has 1 amide bonds. The van der Waals surface area contributed by atoms with Gasteiger partial charge in [-0.25, -0.2) is 4.79 Å². The Balaban J connectivity index is 0.00000126. The van der Waals surface area contributed by atoms with Crippen LogP contribution in [-0.2, 0) is 23.9 Å². The maximum Gasteiger partial charge on any atom is 0.339 e. The SMILES string of the molecule is CC.CCC(=O)OCC[C@H]1C(=O)N[C@@]2(C(O)[C@@H]3C=CCCC3)C(=O)O[C@@]12C. The Bertz CT molecular complexity index is 618. The summed E-state index contributed by atoms with van der Waals surface area (Å²) in [4.78, 5) is 36.1. The summed E-state index contributed by atoms with van der Waals surface area (Å²) in [7, 11) is 0. The van der Waals surface area contributed by atoms with Crippen molar-refractivity contribution in [1.29, 1.82) is 0 Å². The van der Waals surface area contributed by atoms with Gasteiger partial charge in [0.15, 0.2) is 5.60 Å². The first-order valence-corrected chi connectivity index (χ1v) is 9.92. The number of nitrogens with one attached hydrogen (secondary N) is 1. The van der Waals surface area contributed by atoms with E-state index in [0.29, 0.717) is 0 Å². The molecule has 0 saturated carbocycles. The van der Waals surface area contributed by atoms with E-state index in [9.17, 15) is 19.5 Å². The highest BCUT2D eigenvalue weighted by Gasteiger charge is 2.79. The van der Waals surface area contributed by atoms with Crippen LogP contribution in [0.5, 0.6) is 0 Å². The van der Waals surface area contributed by atoms with Crippen molar-refractivity contribution in [2.24, 2.45) is 11.8 Å². The molecule has 2 N–H and O–H groups in total. The Hall–Kier alpha value is -1.89. The largest absolute Gasteiger partial charge is 0.466 e. The van der Waals surface area contributed by atoms with Gasteiger partial charge < -0.3 is 19.9 Å². The van der Waals surface area contributed by atoms with E-state index in [1.165, 1.54) is 0 Å². The second-order valence-electron chi connectivity index (χ2n) is 7.18. The van der Waals surface area contributed by atoms with Crippen LogP contribution in [0.4, 0.5) is 0 Å². The Morgan fingerprint density at radius 3 is 2.70 bits per heavy atom. The van der Waals surface area contributed by atoms with Crippen molar-refractivity contribution in [3.63, 3.8) is 0 Å². The van der Waals surface area contributed by atoms with E-state index in [1.807, 2.05) is 26.0 Å². The number of allylic oxidation sites excluding steroid dienone is 1. The maximum atomic E-state index is 12.5. The molecule has 7 nitrogen and oxygen atoms in total. The highest BCUT2D eigenvalue weighted by molar-refractivity contribution is 6.01. The van der Waals surface area contributed by atoms with E-state index in [0.717, 1.165) is 19.3 Å². The summed E-state index contributed by atoms with van der Waals surface area (Å²) >= 11 is 0. The van der Waals surface area contributed by atoms with Crippen LogP contribution in [0.3, 0.4) is 0 Å². The predicted molar refractivity (Wildman–Crippen MR) is 98.6 cm³/mol. The quantitative estimate of drug-likeness (QED) is 0.538. The second kappa shape index (κ2) is 8.42. The fourth-order valence-electron chi connectivity index (χ4n) is 4.27. The van der Waals surface area contributed by atoms with Crippen LogP contribution >= 0.6 is 0 Å². The molecule has 2 fully saturated rings. The molecule has 0 aromatic heterocycles. The van der Waals surface area contributed by atoms with E-state index in [2.05, 4.69) is 5.32 Å². The van der Waals surface area contributed by atoms with Crippen molar-refractivity contribution in [2.45, 2.75) is 77.0 Å². The Morgan fingerprint density at radius 2 is 2.15 bits per heavy atom. The molecule has 2 aliphatic heterocycles. The number of amides is 1. The van der Waals surface area contributed by atoms with Gasteiger partial charge in [0.1, 0.15) is 0 Å². The van der Waals surface area contributed by atoms with Gasteiger partial charge in [-0.1, -0.05) is 32.9 Å². The lowest BCUT2D eigenvalue weighted by atomic mass is 9.64. The number of rotatable bonds is 6. The molecule has 0 aromatic rings. The van der Waals surface area contributed by atoms with Crippen LogP contribution in [0, 0.1) is 11.8 Å². The van der Waals surface area contributed by atoms with E-state index in [-0.39, 0.29) is 37.2 Å². The van der Waals surface area contributed by atoms with Crippen molar-refractivity contribution in [1.82, 2.24) is 5.32 Å². The number of esters is 2. The third kappa shape index (κ3) is 3.37. The molecule has 1 aliphatic carbocycles. The van der Waals surface area contributed by atoms with Crippen molar-refractivity contribution in [2.75, 3.05) is 6.61 Å². The lowest BCUT2D eigenvalue weighted by Gasteiger charge is -2.54. The third-order valence-electron chi connectivity index (χ3n) is 5.81. The van der Waals surface area contributed by atoms with Gasteiger partial charge in [0.05, 0.1) is 18.6 Å². The number of carbonyl (C=O) groups is 3. The zero-order valence-electron chi connectivity index (χ0n) is 16.6. The summed E-state index contributed by atoms with van der Waals surface area (Å²) in [6, 6.07) is 0. The number of fused-ring (bicyclic) bond motifs is 1. The smallest absolute Gasteiger partial charge is 0.339 e. The molecule has 3 rings (SSSR count). The first-order chi connectivity index (χ1) is 12.9. The summed E-state index contributed by atoms with van der Waals surface area (Å²) in [6.07, 6.45) is 6.03. The molecule has 27 heavy (non-hydrogen) atoms. The topological polar surface area (TPSA) is 102 Å². The van der Waals surface area contributed by atoms with E-state index in [4.69, 9.17) is 9.47 Å². The Kier molecular flexibility index (Phi) is 6.68. The zero-order chi connectivity index (χ0) is 20.2. The van der Waals surface area contributed by atoms with Crippen LogP contribution in [0.25, 0.3) is 0 Å². The van der Waals surface area contributed by atoms with Gasteiger partial charge in [0, 0.05) is 12.3 Å². The molecule has 1 unspecified atom stereocenters. The van der Waals surface area contributed by atoms with Crippen molar-refractivity contribution >= 4 is 17.8 Å². The maximum absolute atomic E-state index is 12.5. The fraction of sp³-hybridized carbons (Fsp3) is 0.750. The van der Waals surface area contributed by atoms with Crippen LogP contribution in [0.15, 0.2) is 12.2 Å². The molecule has 2 heterocycles. The van der Waals surface area contributed by atoms with Gasteiger partial charge >= 0.3 is 11.9 Å².